The minimum Gasteiger partial charge on any atom is -0.481 e. The Kier molecular flexibility index (Phi) is 4.94. The minimum absolute atomic E-state index is 0.194. The van der Waals surface area contributed by atoms with Crippen molar-refractivity contribution in [3.8, 4) is 0 Å². The molecule has 1 atom stereocenters. The maximum atomic E-state index is 11.3. The van der Waals surface area contributed by atoms with E-state index in [1.54, 1.807) is 0 Å². The molecule has 1 rings (SSSR count). The average Bonchev–Trinajstić information content (AvgIpc) is 2.24. The standard InChI is InChI=1S/C16H24O2/c1-12-7-5-6-8-13(12)11-14(15(17)18)9-10-16(2,3)4/h5-8,14H,9-11H2,1-4H3,(H,17,18). The van der Waals surface area contributed by atoms with Crippen molar-refractivity contribution in [2.45, 2.75) is 47.0 Å². The van der Waals surface area contributed by atoms with Gasteiger partial charge in [0.15, 0.2) is 0 Å². The molecule has 2 nitrogen and oxygen atoms in total. The van der Waals surface area contributed by atoms with Gasteiger partial charge in [-0.25, -0.2) is 0 Å². The molecule has 2 heteroatoms. The average molecular weight is 248 g/mol. The van der Waals surface area contributed by atoms with Crippen LogP contribution in [0.2, 0.25) is 0 Å². The van der Waals surface area contributed by atoms with Gasteiger partial charge >= 0.3 is 5.97 Å². The quantitative estimate of drug-likeness (QED) is 0.853. The summed E-state index contributed by atoms with van der Waals surface area (Å²) in [6.45, 7) is 8.50. The summed E-state index contributed by atoms with van der Waals surface area (Å²) in [4.78, 5) is 11.3. The van der Waals surface area contributed by atoms with Crippen LogP contribution in [-0.4, -0.2) is 11.1 Å². The Morgan fingerprint density at radius 2 is 1.89 bits per heavy atom. The van der Waals surface area contributed by atoms with Gasteiger partial charge in [0.1, 0.15) is 0 Å². The Labute approximate surface area is 110 Å². The fourth-order valence-corrected chi connectivity index (χ4v) is 2.02. The lowest BCUT2D eigenvalue weighted by Crippen LogP contribution is -2.19. The highest BCUT2D eigenvalue weighted by Crippen LogP contribution is 2.26. The van der Waals surface area contributed by atoms with Crippen LogP contribution in [0.4, 0.5) is 0 Å². The first-order valence-corrected chi connectivity index (χ1v) is 6.57. The van der Waals surface area contributed by atoms with E-state index in [0.29, 0.717) is 6.42 Å². The molecule has 0 saturated carbocycles. The molecule has 100 valence electrons. The predicted molar refractivity (Wildman–Crippen MR) is 74.7 cm³/mol. The van der Waals surface area contributed by atoms with Gasteiger partial charge in [0.25, 0.3) is 0 Å². The number of rotatable bonds is 5. The molecule has 0 aliphatic rings. The van der Waals surface area contributed by atoms with E-state index >= 15 is 0 Å². The molecular weight excluding hydrogens is 224 g/mol. The number of hydrogen-bond acceptors (Lipinski definition) is 1. The van der Waals surface area contributed by atoms with Crippen molar-refractivity contribution in [3.05, 3.63) is 35.4 Å². The highest BCUT2D eigenvalue weighted by molar-refractivity contribution is 5.70. The van der Waals surface area contributed by atoms with Gasteiger partial charge < -0.3 is 5.11 Å². The molecule has 0 spiro atoms. The van der Waals surface area contributed by atoms with Crippen molar-refractivity contribution >= 4 is 5.97 Å². The second-order valence-electron chi connectivity index (χ2n) is 6.27. The maximum Gasteiger partial charge on any atom is 0.306 e. The number of hydrogen-bond donors (Lipinski definition) is 1. The van der Waals surface area contributed by atoms with Crippen LogP contribution in [0.5, 0.6) is 0 Å². The first-order valence-electron chi connectivity index (χ1n) is 6.57. The van der Waals surface area contributed by atoms with Crippen LogP contribution in [0.25, 0.3) is 0 Å². The van der Waals surface area contributed by atoms with Crippen LogP contribution >= 0.6 is 0 Å². The molecular formula is C16H24O2. The van der Waals surface area contributed by atoms with Gasteiger partial charge in [-0.05, 0) is 42.7 Å². The van der Waals surface area contributed by atoms with Crippen LogP contribution in [0, 0.1) is 18.3 Å². The Balaban J connectivity index is 2.70. The van der Waals surface area contributed by atoms with Gasteiger partial charge in [0.2, 0.25) is 0 Å². The molecule has 18 heavy (non-hydrogen) atoms. The monoisotopic (exact) mass is 248 g/mol. The van der Waals surface area contributed by atoms with E-state index in [2.05, 4.69) is 20.8 Å². The fourth-order valence-electron chi connectivity index (χ4n) is 2.02. The first kappa shape index (κ1) is 14.7. The van der Waals surface area contributed by atoms with E-state index in [4.69, 9.17) is 0 Å². The predicted octanol–water partition coefficient (Wildman–Crippen LogP) is 4.06. The van der Waals surface area contributed by atoms with Crippen molar-refractivity contribution in [1.29, 1.82) is 0 Å². The van der Waals surface area contributed by atoms with Gasteiger partial charge in [-0.15, -0.1) is 0 Å². The van der Waals surface area contributed by atoms with Crippen molar-refractivity contribution in [3.63, 3.8) is 0 Å². The van der Waals surface area contributed by atoms with Crippen LogP contribution < -0.4 is 0 Å². The summed E-state index contributed by atoms with van der Waals surface area (Å²) in [5.41, 5.74) is 2.53. The Hall–Kier alpha value is -1.31. The van der Waals surface area contributed by atoms with Crippen LogP contribution in [0.1, 0.15) is 44.7 Å². The summed E-state index contributed by atoms with van der Waals surface area (Å²) in [7, 11) is 0. The van der Waals surface area contributed by atoms with E-state index in [-0.39, 0.29) is 11.3 Å². The Bertz CT molecular complexity index is 402. The van der Waals surface area contributed by atoms with Crippen molar-refractivity contribution in [2.75, 3.05) is 0 Å². The van der Waals surface area contributed by atoms with E-state index < -0.39 is 5.97 Å². The third kappa shape index (κ3) is 4.91. The van der Waals surface area contributed by atoms with E-state index in [1.165, 1.54) is 5.56 Å². The topological polar surface area (TPSA) is 37.3 Å². The molecule has 0 saturated heterocycles. The van der Waals surface area contributed by atoms with Gasteiger partial charge in [0, 0.05) is 0 Å². The van der Waals surface area contributed by atoms with Crippen LogP contribution in [0.3, 0.4) is 0 Å². The van der Waals surface area contributed by atoms with E-state index in [9.17, 15) is 9.90 Å². The largest absolute Gasteiger partial charge is 0.481 e. The van der Waals surface area contributed by atoms with Crippen LogP contribution in [0.15, 0.2) is 24.3 Å². The fraction of sp³-hybridized carbons (Fsp3) is 0.562. The Morgan fingerprint density at radius 3 is 2.39 bits per heavy atom. The van der Waals surface area contributed by atoms with Crippen LogP contribution in [-0.2, 0) is 11.2 Å². The lowest BCUT2D eigenvalue weighted by atomic mass is 9.84. The first-order chi connectivity index (χ1) is 8.29. The molecule has 0 radical (unpaired) electrons. The van der Waals surface area contributed by atoms with Crippen molar-refractivity contribution < 1.29 is 9.90 Å². The molecule has 1 aromatic carbocycles. The molecule has 0 bridgehead atoms. The van der Waals surface area contributed by atoms with Gasteiger partial charge in [0.05, 0.1) is 5.92 Å². The third-order valence-electron chi connectivity index (χ3n) is 3.32. The lowest BCUT2D eigenvalue weighted by molar-refractivity contribution is -0.142. The lowest BCUT2D eigenvalue weighted by Gasteiger charge is -2.21. The van der Waals surface area contributed by atoms with Gasteiger partial charge in [-0.1, -0.05) is 45.0 Å². The molecule has 0 fully saturated rings. The summed E-state index contributed by atoms with van der Waals surface area (Å²) < 4.78 is 0. The number of aliphatic carboxylic acids is 1. The number of carboxylic acid groups (broad SMARTS) is 1. The highest BCUT2D eigenvalue weighted by atomic mass is 16.4. The summed E-state index contributed by atoms with van der Waals surface area (Å²) in [6.07, 6.45) is 2.32. The molecule has 0 aromatic heterocycles. The molecule has 0 aliphatic carbocycles. The number of carboxylic acids is 1. The van der Waals surface area contributed by atoms with Crippen molar-refractivity contribution in [1.82, 2.24) is 0 Å². The summed E-state index contributed by atoms with van der Waals surface area (Å²) in [5, 5.41) is 9.32. The van der Waals surface area contributed by atoms with Gasteiger partial charge in [-0.2, -0.15) is 0 Å². The van der Waals surface area contributed by atoms with E-state index in [0.717, 1.165) is 18.4 Å². The third-order valence-corrected chi connectivity index (χ3v) is 3.32. The normalized spacial score (nSPS) is 13.3. The summed E-state index contributed by atoms with van der Waals surface area (Å²) in [6, 6.07) is 8.04. The number of benzene rings is 1. The second-order valence-corrected chi connectivity index (χ2v) is 6.27. The SMILES string of the molecule is Cc1ccccc1CC(CCC(C)(C)C)C(=O)O. The second kappa shape index (κ2) is 6.03. The molecule has 1 N–H and O–H groups in total. The molecule has 0 aliphatic heterocycles. The minimum atomic E-state index is -0.678. The summed E-state index contributed by atoms with van der Waals surface area (Å²) >= 11 is 0. The zero-order valence-electron chi connectivity index (χ0n) is 11.9. The Morgan fingerprint density at radius 1 is 1.28 bits per heavy atom. The zero-order chi connectivity index (χ0) is 13.8. The zero-order valence-corrected chi connectivity index (χ0v) is 11.9. The highest BCUT2D eigenvalue weighted by Gasteiger charge is 2.21. The number of carbonyl (C=O) groups is 1. The molecule has 1 unspecified atom stereocenters. The van der Waals surface area contributed by atoms with Gasteiger partial charge in [-0.3, -0.25) is 4.79 Å². The van der Waals surface area contributed by atoms with E-state index in [1.807, 2.05) is 31.2 Å². The maximum absolute atomic E-state index is 11.3. The summed E-state index contributed by atoms with van der Waals surface area (Å²) in [5.74, 6) is -0.951. The smallest absolute Gasteiger partial charge is 0.306 e. The molecule has 1 aromatic rings. The van der Waals surface area contributed by atoms with Crippen molar-refractivity contribution in [2.24, 2.45) is 11.3 Å². The molecule has 0 amide bonds. The molecule has 0 heterocycles. The number of aryl methyl sites for hydroxylation is 1.